The molecule has 3 atom stereocenters. The van der Waals surface area contributed by atoms with Crippen LogP contribution in [0, 0.1) is 0 Å². The van der Waals surface area contributed by atoms with E-state index in [0.29, 0.717) is 30.6 Å². The fourth-order valence-corrected chi connectivity index (χ4v) is 4.14. The molecule has 2 aliphatic rings. The number of rotatable bonds is 2. The van der Waals surface area contributed by atoms with Crippen LogP contribution in [0.2, 0.25) is 0 Å². The average molecular weight is 300 g/mol. The van der Waals surface area contributed by atoms with Crippen molar-refractivity contribution in [3.63, 3.8) is 0 Å². The van der Waals surface area contributed by atoms with Crippen LogP contribution >= 0.6 is 0 Å². The lowest BCUT2D eigenvalue weighted by atomic mass is 9.95. The highest BCUT2D eigenvalue weighted by Crippen LogP contribution is 2.31. The molecule has 3 unspecified atom stereocenters. The van der Waals surface area contributed by atoms with Crippen molar-refractivity contribution in [1.29, 1.82) is 0 Å². The fraction of sp³-hybridized carbons (Fsp3) is 0.632. The number of likely N-dealkylation sites (tertiary alicyclic amines) is 1. The summed E-state index contributed by atoms with van der Waals surface area (Å²) in [5, 5.41) is 0. The highest BCUT2D eigenvalue weighted by atomic mass is 16.2. The molecule has 1 saturated heterocycles. The zero-order valence-corrected chi connectivity index (χ0v) is 14.1. The van der Waals surface area contributed by atoms with Crippen molar-refractivity contribution >= 4 is 11.6 Å². The molecule has 1 aromatic rings. The molecule has 1 fully saturated rings. The van der Waals surface area contributed by atoms with Gasteiger partial charge in [0.2, 0.25) is 5.91 Å². The molecule has 0 spiro atoms. The summed E-state index contributed by atoms with van der Waals surface area (Å²) >= 11 is 0. The second-order valence-electron chi connectivity index (χ2n) is 7.07. The highest BCUT2D eigenvalue weighted by molar-refractivity contribution is 5.83. The molecular weight excluding hydrogens is 272 g/mol. The maximum Gasteiger partial charge on any atom is 0.242 e. The van der Waals surface area contributed by atoms with Gasteiger partial charge in [-0.15, -0.1) is 0 Å². The van der Waals surface area contributed by atoms with Gasteiger partial charge in [0.1, 0.15) is 0 Å². The fourth-order valence-electron chi connectivity index (χ4n) is 4.14. The number of fused-ring (bicyclic) bond motifs is 1. The molecule has 2 heterocycles. The van der Waals surface area contributed by atoms with E-state index in [0.717, 1.165) is 25.7 Å². The van der Waals surface area contributed by atoms with Crippen LogP contribution in [0.3, 0.4) is 0 Å². The van der Waals surface area contributed by atoms with E-state index in [-0.39, 0.29) is 0 Å². The Hall–Kier alpha value is -1.51. The number of aryl methyl sites for hydroxylation is 1. The number of nitrogens with zero attached hydrogens (tertiary/aromatic N) is 2. The van der Waals surface area contributed by atoms with Gasteiger partial charge in [-0.25, -0.2) is 0 Å². The van der Waals surface area contributed by atoms with Crippen molar-refractivity contribution in [1.82, 2.24) is 4.90 Å². The molecule has 22 heavy (non-hydrogen) atoms. The molecule has 0 radical (unpaired) electrons. The summed E-state index contributed by atoms with van der Waals surface area (Å²) in [6.07, 6.45) is 5.79. The summed E-state index contributed by atoms with van der Waals surface area (Å²) in [5.74, 6) is 0.295. The Kier molecular flexibility index (Phi) is 4.42. The molecule has 0 aromatic heterocycles. The molecule has 2 aliphatic heterocycles. The topological polar surface area (TPSA) is 23.6 Å². The van der Waals surface area contributed by atoms with E-state index >= 15 is 0 Å². The maximum atomic E-state index is 12.9. The van der Waals surface area contributed by atoms with Crippen molar-refractivity contribution in [2.45, 2.75) is 71.0 Å². The van der Waals surface area contributed by atoms with Gasteiger partial charge in [0.05, 0.1) is 6.54 Å². The first-order valence-electron chi connectivity index (χ1n) is 8.73. The first-order valence-corrected chi connectivity index (χ1v) is 8.73. The smallest absolute Gasteiger partial charge is 0.242 e. The van der Waals surface area contributed by atoms with Crippen LogP contribution in [0.1, 0.15) is 52.0 Å². The predicted octanol–water partition coefficient (Wildman–Crippen LogP) is 3.62. The van der Waals surface area contributed by atoms with E-state index in [2.05, 4.69) is 54.8 Å². The number of piperidine rings is 1. The van der Waals surface area contributed by atoms with Gasteiger partial charge < -0.3 is 9.80 Å². The van der Waals surface area contributed by atoms with Crippen LogP contribution in [0.25, 0.3) is 0 Å². The minimum Gasteiger partial charge on any atom is -0.359 e. The monoisotopic (exact) mass is 300 g/mol. The Labute approximate surface area is 134 Å². The first kappa shape index (κ1) is 15.4. The zero-order valence-electron chi connectivity index (χ0n) is 14.1. The van der Waals surface area contributed by atoms with Gasteiger partial charge in [0.25, 0.3) is 0 Å². The van der Waals surface area contributed by atoms with Gasteiger partial charge in [0, 0.05) is 23.8 Å². The van der Waals surface area contributed by atoms with Gasteiger partial charge >= 0.3 is 0 Å². The maximum absolute atomic E-state index is 12.9. The molecule has 1 aromatic carbocycles. The molecule has 120 valence electrons. The SMILES string of the molecule is CC1CCc2ccccc2N1CC(=O)N1C(C)CCCC1C. The van der Waals surface area contributed by atoms with E-state index in [1.54, 1.807) is 0 Å². The molecular formula is C19H28N2O. The highest BCUT2D eigenvalue weighted by Gasteiger charge is 2.32. The quantitative estimate of drug-likeness (QED) is 0.833. The minimum absolute atomic E-state index is 0.295. The number of anilines is 1. The van der Waals surface area contributed by atoms with Crippen molar-refractivity contribution < 1.29 is 4.79 Å². The first-order chi connectivity index (χ1) is 10.6. The molecule has 3 rings (SSSR count). The third-order valence-electron chi connectivity index (χ3n) is 5.45. The van der Waals surface area contributed by atoms with Crippen molar-refractivity contribution in [3.05, 3.63) is 29.8 Å². The van der Waals surface area contributed by atoms with Gasteiger partial charge in [0.15, 0.2) is 0 Å². The number of hydrogen-bond acceptors (Lipinski definition) is 2. The van der Waals surface area contributed by atoms with Gasteiger partial charge in [-0.2, -0.15) is 0 Å². The van der Waals surface area contributed by atoms with E-state index < -0.39 is 0 Å². The summed E-state index contributed by atoms with van der Waals surface area (Å²) in [5.41, 5.74) is 2.64. The minimum atomic E-state index is 0.295. The van der Waals surface area contributed by atoms with Crippen LogP contribution in [0.5, 0.6) is 0 Å². The largest absolute Gasteiger partial charge is 0.359 e. The number of para-hydroxylation sites is 1. The van der Waals surface area contributed by atoms with Crippen LogP contribution in [-0.2, 0) is 11.2 Å². The molecule has 1 amide bonds. The van der Waals surface area contributed by atoms with Crippen LogP contribution in [0.4, 0.5) is 5.69 Å². The third kappa shape index (κ3) is 2.86. The predicted molar refractivity (Wildman–Crippen MR) is 91.2 cm³/mol. The summed E-state index contributed by atoms with van der Waals surface area (Å²) in [4.78, 5) is 17.4. The van der Waals surface area contributed by atoms with Crippen molar-refractivity contribution in [3.8, 4) is 0 Å². The number of benzene rings is 1. The number of carbonyl (C=O) groups excluding carboxylic acids is 1. The summed E-state index contributed by atoms with van der Waals surface area (Å²) in [6, 6.07) is 9.75. The van der Waals surface area contributed by atoms with Crippen LogP contribution in [-0.4, -0.2) is 35.5 Å². The number of amides is 1. The second kappa shape index (κ2) is 6.31. The van der Waals surface area contributed by atoms with E-state index in [1.165, 1.54) is 17.7 Å². The lowest BCUT2D eigenvalue weighted by Crippen LogP contribution is -2.52. The van der Waals surface area contributed by atoms with Gasteiger partial charge in [-0.1, -0.05) is 18.2 Å². The molecule has 0 saturated carbocycles. The normalized spacial score (nSPS) is 28.4. The molecule has 0 N–H and O–H groups in total. The Morgan fingerprint density at radius 2 is 1.73 bits per heavy atom. The van der Waals surface area contributed by atoms with Gasteiger partial charge in [-0.3, -0.25) is 4.79 Å². The molecule has 3 heteroatoms. The van der Waals surface area contributed by atoms with Crippen molar-refractivity contribution in [2.24, 2.45) is 0 Å². The molecule has 3 nitrogen and oxygen atoms in total. The average Bonchev–Trinajstić information content (AvgIpc) is 2.50. The zero-order chi connectivity index (χ0) is 15.7. The second-order valence-corrected chi connectivity index (χ2v) is 7.07. The lowest BCUT2D eigenvalue weighted by molar-refractivity contribution is -0.135. The Balaban J connectivity index is 1.78. The van der Waals surface area contributed by atoms with Crippen LogP contribution < -0.4 is 4.90 Å². The lowest BCUT2D eigenvalue weighted by Gasteiger charge is -2.42. The van der Waals surface area contributed by atoms with E-state index in [4.69, 9.17) is 0 Å². The summed E-state index contributed by atoms with van der Waals surface area (Å²) < 4.78 is 0. The van der Waals surface area contributed by atoms with Crippen molar-refractivity contribution in [2.75, 3.05) is 11.4 Å². The number of hydrogen-bond donors (Lipinski definition) is 0. The Morgan fingerprint density at radius 3 is 2.45 bits per heavy atom. The van der Waals surface area contributed by atoms with Crippen LogP contribution in [0.15, 0.2) is 24.3 Å². The van der Waals surface area contributed by atoms with E-state index in [9.17, 15) is 4.79 Å². The summed E-state index contributed by atoms with van der Waals surface area (Å²) in [7, 11) is 0. The molecule has 0 aliphatic carbocycles. The standard InChI is InChI=1S/C19H28N2O/c1-14-11-12-17-9-4-5-10-18(17)20(14)13-19(22)21-15(2)7-6-8-16(21)3/h4-5,9-10,14-16H,6-8,11-13H2,1-3H3. The third-order valence-corrected chi connectivity index (χ3v) is 5.45. The van der Waals surface area contributed by atoms with E-state index in [1.807, 2.05) is 0 Å². The Morgan fingerprint density at radius 1 is 1.05 bits per heavy atom. The van der Waals surface area contributed by atoms with Gasteiger partial charge in [-0.05, 0) is 64.5 Å². The number of carbonyl (C=O) groups is 1. The molecule has 0 bridgehead atoms. The Bertz CT molecular complexity index is 532. The summed E-state index contributed by atoms with van der Waals surface area (Å²) in [6.45, 7) is 7.15.